The first-order chi connectivity index (χ1) is 4.72. The van der Waals surface area contributed by atoms with Gasteiger partial charge in [-0.2, -0.15) is 0 Å². The Morgan fingerprint density at radius 3 is 2.80 bits per heavy atom. The maximum absolute atomic E-state index is 10.3. The van der Waals surface area contributed by atoms with Gasteiger partial charge in [0.15, 0.2) is 0 Å². The first-order valence-corrected chi connectivity index (χ1v) is 4.05. The number of rotatable bonds is 4. The third kappa shape index (κ3) is 3.41. The van der Waals surface area contributed by atoms with E-state index in [-0.39, 0.29) is 5.25 Å². The van der Waals surface area contributed by atoms with Gasteiger partial charge in [-0.3, -0.25) is 4.79 Å². The molecular formula is C7H10O2S. The van der Waals surface area contributed by atoms with E-state index in [0.29, 0.717) is 12.2 Å². The predicted octanol–water partition coefficient (Wildman–Crippen LogP) is 1.22. The van der Waals surface area contributed by atoms with Crippen LogP contribution < -0.4 is 0 Å². The van der Waals surface area contributed by atoms with Crippen LogP contribution in [0.15, 0.2) is 0 Å². The molecular weight excluding hydrogens is 148 g/mol. The Hall–Kier alpha value is -0.620. The van der Waals surface area contributed by atoms with Gasteiger partial charge in [0, 0.05) is 0 Å². The number of carbonyl (C=O) groups is 1. The van der Waals surface area contributed by atoms with Gasteiger partial charge < -0.3 is 5.11 Å². The van der Waals surface area contributed by atoms with Gasteiger partial charge in [-0.1, -0.05) is 12.8 Å². The Bertz CT molecular complexity index is 148. The van der Waals surface area contributed by atoms with Crippen LogP contribution in [0.2, 0.25) is 0 Å². The molecule has 1 atom stereocenters. The molecule has 0 saturated carbocycles. The van der Waals surface area contributed by atoms with Crippen molar-refractivity contribution < 1.29 is 9.90 Å². The number of hydrogen-bond acceptors (Lipinski definition) is 2. The van der Waals surface area contributed by atoms with E-state index in [0.717, 1.165) is 0 Å². The minimum Gasteiger partial charge on any atom is -0.480 e. The highest BCUT2D eigenvalue weighted by molar-refractivity contribution is 8.00. The summed E-state index contributed by atoms with van der Waals surface area (Å²) in [5.74, 6) is 2.09. The zero-order chi connectivity index (χ0) is 7.98. The highest BCUT2D eigenvalue weighted by Crippen LogP contribution is 2.13. The molecule has 0 saturated heterocycles. The average Bonchev–Trinajstić information content (AvgIpc) is 1.89. The molecule has 0 heterocycles. The van der Waals surface area contributed by atoms with Gasteiger partial charge in [0.2, 0.25) is 0 Å². The summed E-state index contributed by atoms with van der Waals surface area (Å²) in [6.07, 6.45) is 5.59. The summed E-state index contributed by atoms with van der Waals surface area (Å²) in [5, 5.41) is 8.17. The molecule has 0 aromatic heterocycles. The molecule has 0 aliphatic carbocycles. The first kappa shape index (κ1) is 9.38. The molecule has 0 spiro atoms. The number of carboxylic acids is 1. The lowest BCUT2D eigenvalue weighted by atomic mass is 10.3. The Labute approximate surface area is 65.0 Å². The van der Waals surface area contributed by atoms with E-state index < -0.39 is 5.97 Å². The van der Waals surface area contributed by atoms with Crippen LogP contribution in [0.5, 0.6) is 0 Å². The van der Waals surface area contributed by atoms with Crippen LogP contribution in [0.25, 0.3) is 0 Å². The van der Waals surface area contributed by atoms with Crippen LogP contribution >= 0.6 is 11.8 Å². The summed E-state index contributed by atoms with van der Waals surface area (Å²) < 4.78 is 0. The number of hydrogen-bond donors (Lipinski definition) is 1. The maximum Gasteiger partial charge on any atom is 0.316 e. The zero-order valence-electron chi connectivity index (χ0n) is 5.83. The fourth-order valence-electron chi connectivity index (χ4n) is 0.512. The molecule has 0 aromatic rings. The van der Waals surface area contributed by atoms with E-state index in [1.807, 2.05) is 6.92 Å². The Morgan fingerprint density at radius 1 is 1.90 bits per heavy atom. The SMILES string of the molecule is C#CCSC(CC)C(=O)O. The second-order valence-electron chi connectivity index (χ2n) is 1.75. The van der Waals surface area contributed by atoms with Crippen LogP contribution in [0, 0.1) is 12.3 Å². The van der Waals surface area contributed by atoms with Crippen molar-refractivity contribution in [2.75, 3.05) is 5.75 Å². The van der Waals surface area contributed by atoms with Gasteiger partial charge >= 0.3 is 5.97 Å². The van der Waals surface area contributed by atoms with Crippen molar-refractivity contribution in [1.82, 2.24) is 0 Å². The molecule has 0 amide bonds. The second kappa shape index (κ2) is 5.19. The summed E-state index contributed by atoms with van der Waals surface area (Å²) in [6.45, 7) is 1.84. The molecule has 0 rings (SSSR count). The first-order valence-electron chi connectivity index (χ1n) is 3.00. The van der Waals surface area contributed by atoms with Crippen LogP contribution in [0.3, 0.4) is 0 Å². The molecule has 0 fully saturated rings. The van der Waals surface area contributed by atoms with E-state index >= 15 is 0 Å². The monoisotopic (exact) mass is 158 g/mol. The molecule has 3 heteroatoms. The van der Waals surface area contributed by atoms with Crippen molar-refractivity contribution in [3.63, 3.8) is 0 Å². The van der Waals surface area contributed by atoms with Gasteiger partial charge in [0.25, 0.3) is 0 Å². The van der Waals surface area contributed by atoms with Crippen molar-refractivity contribution in [3.05, 3.63) is 0 Å². The number of thioether (sulfide) groups is 1. The van der Waals surface area contributed by atoms with Crippen LogP contribution in [-0.4, -0.2) is 22.1 Å². The molecule has 1 N–H and O–H groups in total. The van der Waals surface area contributed by atoms with E-state index in [2.05, 4.69) is 5.92 Å². The second-order valence-corrected chi connectivity index (χ2v) is 2.94. The summed E-state index contributed by atoms with van der Waals surface area (Å²) in [4.78, 5) is 10.3. The van der Waals surface area contributed by atoms with E-state index in [9.17, 15) is 4.79 Å². The third-order valence-corrected chi connectivity index (χ3v) is 2.28. The number of terminal acetylenes is 1. The zero-order valence-corrected chi connectivity index (χ0v) is 6.65. The number of aliphatic carboxylic acids is 1. The average molecular weight is 158 g/mol. The summed E-state index contributed by atoms with van der Waals surface area (Å²) in [7, 11) is 0. The van der Waals surface area contributed by atoms with Gasteiger partial charge in [-0.15, -0.1) is 18.2 Å². The van der Waals surface area contributed by atoms with Gasteiger partial charge in [-0.25, -0.2) is 0 Å². The summed E-state index contributed by atoms with van der Waals surface area (Å²) >= 11 is 1.29. The lowest BCUT2D eigenvalue weighted by molar-refractivity contribution is -0.136. The van der Waals surface area contributed by atoms with Crippen LogP contribution in [0.4, 0.5) is 0 Å². The van der Waals surface area contributed by atoms with E-state index in [1.165, 1.54) is 11.8 Å². The molecule has 0 aliphatic rings. The smallest absolute Gasteiger partial charge is 0.316 e. The van der Waals surface area contributed by atoms with Gasteiger partial charge in [0.1, 0.15) is 5.25 Å². The van der Waals surface area contributed by atoms with E-state index in [4.69, 9.17) is 11.5 Å². The van der Waals surface area contributed by atoms with Crippen LogP contribution in [-0.2, 0) is 4.79 Å². The topological polar surface area (TPSA) is 37.3 Å². The minimum atomic E-state index is -0.775. The van der Waals surface area contributed by atoms with Crippen molar-refractivity contribution in [1.29, 1.82) is 0 Å². The molecule has 10 heavy (non-hydrogen) atoms. The normalized spacial score (nSPS) is 12.0. The maximum atomic E-state index is 10.3. The summed E-state index contributed by atoms with van der Waals surface area (Å²) in [6, 6.07) is 0. The Kier molecular flexibility index (Phi) is 4.87. The van der Waals surface area contributed by atoms with Crippen molar-refractivity contribution >= 4 is 17.7 Å². The van der Waals surface area contributed by atoms with Crippen molar-refractivity contribution in [2.24, 2.45) is 0 Å². The predicted molar refractivity (Wildman–Crippen MR) is 43.0 cm³/mol. The lowest BCUT2D eigenvalue weighted by Crippen LogP contribution is -2.15. The van der Waals surface area contributed by atoms with Crippen molar-refractivity contribution in [2.45, 2.75) is 18.6 Å². The highest BCUT2D eigenvalue weighted by atomic mass is 32.2. The lowest BCUT2D eigenvalue weighted by Gasteiger charge is -2.04. The molecule has 0 radical (unpaired) electrons. The minimum absolute atomic E-state index is 0.337. The molecule has 56 valence electrons. The van der Waals surface area contributed by atoms with Gasteiger partial charge in [0.05, 0.1) is 5.75 Å². The molecule has 0 aliphatic heterocycles. The summed E-state index contributed by atoms with van der Waals surface area (Å²) in [5.41, 5.74) is 0. The molecule has 0 bridgehead atoms. The Morgan fingerprint density at radius 2 is 2.50 bits per heavy atom. The van der Waals surface area contributed by atoms with E-state index in [1.54, 1.807) is 0 Å². The standard InChI is InChI=1S/C7H10O2S/c1-3-5-10-6(4-2)7(8)9/h1,6H,4-5H2,2H3,(H,8,9). The van der Waals surface area contributed by atoms with Gasteiger partial charge in [-0.05, 0) is 6.42 Å². The molecule has 1 unspecified atom stereocenters. The van der Waals surface area contributed by atoms with Crippen molar-refractivity contribution in [3.8, 4) is 12.3 Å². The number of carboxylic acid groups (broad SMARTS) is 1. The van der Waals surface area contributed by atoms with Crippen LogP contribution in [0.1, 0.15) is 13.3 Å². The molecule has 2 nitrogen and oxygen atoms in total. The Balaban J connectivity index is 3.63. The molecule has 0 aromatic carbocycles. The largest absolute Gasteiger partial charge is 0.480 e. The highest BCUT2D eigenvalue weighted by Gasteiger charge is 2.13. The fourth-order valence-corrected chi connectivity index (χ4v) is 1.19. The quantitative estimate of drug-likeness (QED) is 0.625. The fraction of sp³-hybridized carbons (Fsp3) is 0.571. The third-order valence-electron chi connectivity index (χ3n) is 1.01.